The smallest absolute Gasteiger partial charge is 0.230 e. The van der Waals surface area contributed by atoms with Crippen molar-refractivity contribution in [1.82, 2.24) is 19.7 Å². The molecule has 0 saturated carbocycles. The van der Waals surface area contributed by atoms with Crippen molar-refractivity contribution in [3.05, 3.63) is 69.7 Å². The number of hydrogen-bond donors (Lipinski definition) is 0. The summed E-state index contributed by atoms with van der Waals surface area (Å²) < 4.78 is 2.00. The van der Waals surface area contributed by atoms with Crippen molar-refractivity contribution in [2.24, 2.45) is 7.05 Å². The Bertz CT molecular complexity index is 1280. The lowest BCUT2D eigenvalue weighted by Crippen LogP contribution is -2.24. The lowest BCUT2D eigenvalue weighted by atomic mass is 10.0. The van der Waals surface area contributed by atoms with Crippen LogP contribution in [0.3, 0.4) is 0 Å². The largest absolute Gasteiger partial charge is 0.305 e. The number of carbonyl (C=O) groups excluding carboxylic acids is 1. The van der Waals surface area contributed by atoms with Gasteiger partial charge in [-0.25, -0.2) is 4.98 Å². The van der Waals surface area contributed by atoms with Crippen molar-refractivity contribution in [2.45, 2.75) is 45.5 Å². The van der Waals surface area contributed by atoms with E-state index >= 15 is 0 Å². The Morgan fingerprint density at radius 2 is 1.70 bits per heavy atom. The summed E-state index contributed by atoms with van der Waals surface area (Å²) in [6.07, 6.45) is 0. The topological polar surface area (TPSA) is 63.9 Å². The molecule has 0 atom stereocenters. The van der Waals surface area contributed by atoms with Gasteiger partial charge in [0.25, 0.3) is 0 Å². The lowest BCUT2D eigenvalue weighted by molar-refractivity contribution is -0.115. The van der Waals surface area contributed by atoms with Crippen molar-refractivity contribution >= 4 is 39.8 Å². The number of hydrogen-bond acceptors (Lipinski definition) is 6. The maximum Gasteiger partial charge on any atom is 0.230 e. The first-order valence-electron chi connectivity index (χ1n) is 10.7. The van der Waals surface area contributed by atoms with Crippen LogP contribution in [0.25, 0.3) is 11.4 Å². The molecule has 0 aliphatic rings. The molecule has 0 radical (unpaired) electrons. The van der Waals surface area contributed by atoms with Crippen LogP contribution in [0.5, 0.6) is 0 Å². The summed E-state index contributed by atoms with van der Waals surface area (Å²) >= 11 is 3.07. The number of thioether (sulfide) groups is 1. The van der Waals surface area contributed by atoms with Crippen molar-refractivity contribution in [3.63, 3.8) is 0 Å². The minimum absolute atomic E-state index is 0.0466. The average molecular weight is 478 g/mol. The van der Waals surface area contributed by atoms with Crippen LogP contribution in [-0.4, -0.2) is 25.7 Å². The van der Waals surface area contributed by atoms with Crippen LogP contribution in [-0.2, 0) is 17.6 Å². The molecule has 6 nitrogen and oxygen atoms in total. The van der Waals surface area contributed by atoms with E-state index in [1.54, 1.807) is 23.6 Å². The third-order valence-electron chi connectivity index (χ3n) is 5.40. The molecule has 33 heavy (non-hydrogen) atoms. The number of carbonyl (C=O) groups is 1. The van der Waals surface area contributed by atoms with Gasteiger partial charge in [-0.2, -0.15) is 0 Å². The molecule has 2 aromatic carbocycles. The molecule has 1 amide bonds. The molecule has 0 aliphatic heterocycles. The van der Waals surface area contributed by atoms with Crippen molar-refractivity contribution < 1.29 is 4.79 Å². The third kappa shape index (κ3) is 4.86. The fraction of sp³-hybridized carbons (Fsp3) is 0.280. The highest BCUT2D eigenvalue weighted by Gasteiger charge is 2.22. The number of aromatic nitrogens is 4. The molecule has 0 N–H and O–H groups in total. The zero-order chi connectivity index (χ0) is 23.7. The number of benzene rings is 2. The van der Waals surface area contributed by atoms with Crippen LogP contribution >= 0.6 is 23.1 Å². The first kappa shape index (κ1) is 23.2. The molecule has 0 aliphatic carbocycles. The van der Waals surface area contributed by atoms with Gasteiger partial charge >= 0.3 is 0 Å². The van der Waals surface area contributed by atoms with E-state index in [4.69, 9.17) is 4.98 Å². The monoisotopic (exact) mass is 477 g/mol. The van der Waals surface area contributed by atoms with Gasteiger partial charge in [-0.15, -0.1) is 21.5 Å². The predicted molar refractivity (Wildman–Crippen MR) is 136 cm³/mol. The number of rotatable bonds is 6. The van der Waals surface area contributed by atoms with Gasteiger partial charge in [0.05, 0.1) is 11.4 Å². The summed E-state index contributed by atoms with van der Waals surface area (Å²) in [6, 6.07) is 12.5. The van der Waals surface area contributed by atoms with Crippen LogP contribution in [0.15, 0.2) is 46.9 Å². The molecule has 0 bridgehead atoms. The van der Waals surface area contributed by atoms with Gasteiger partial charge in [0.1, 0.15) is 0 Å². The number of thiazole rings is 1. The number of amides is 1. The summed E-state index contributed by atoms with van der Waals surface area (Å²) in [4.78, 5) is 19.1. The second-order valence-corrected chi connectivity index (χ2v) is 10.0. The van der Waals surface area contributed by atoms with Gasteiger partial charge in [-0.1, -0.05) is 59.3 Å². The zero-order valence-electron chi connectivity index (χ0n) is 19.7. The first-order valence-corrected chi connectivity index (χ1v) is 12.5. The molecule has 8 heteroatoms. The van der Waals surface area contributed by atoms with E-state index in [9.17, 15) is 4.79 Å². The quantitative estimate of drug-likeness (QED) is 0.312. The van der Waals surface area contributed by atoms with E-state index in [-0.39, 0.29) is 5.91 Å². The summed E-state index contributed by atoms with van der Waals surface area (Å²) in [5.74, 6) is 1.44. The standard InChI is InChI=1S/C25H27N5OS2/c1-15-7-9-20(10-8-15)23-27-28-25(29(23)6)33-14-21-13-32-24(26-21)30(19(5)31)22-17(3)11-16(2)12-18(22)4/h7-13H,14H2,1-6H3. The summed E-state index contributed by atoms with van der Waals surface area (Å²) in [7, 11) is 1.98. The van der Waals surface area contributed by atoms with Gasteiger partial charge in [-0.05, 0) is 38.8 Å². The fourth-order valence-corrected chi connectivity index (χ4v) is 5.69. The van der Waals surface area contributed by atoms with Crippen molar-refractivity contribution in [1.29, 1.82) is 0 Å². The van der Waals surface area contributed by atoms with Crippen molar-refractivity contribution in [3.8, 4) is 11.4 Å². The van der Waals surface area contributed by atoms with Crippen LogP contribution in [0.4, 0.5) is 10.8 Å². The highest BCUT2D eigenvalue weighted by molar-refractivity contribution is 7.98. The molecule has 0 unspecified atom stereocenters. The number of anilines is 2. The summed E-state index contributed by atoms with van der Waals surface area (Å²) in [5.41, 5.74) is 7.39. The Kier molecular flexibility index (Phi) is 6.67. The minimum atomic E-state index is -0.0466. The Labute approximate surface area is 202 Å². The second kappa shape index (κ2) is 9.49. The average Bonchev–Trinajstić information content (AvgIpc) is 3.36. The van der Waals surface area contributed by atoms with Crippen LogP contribution in [0, 0.1) is 27.7 Å². The van der Waals surface area contributed by atoms with E-state index < -0.39 is 0 Å². The van der Waals surface area contributed by atoms with Crippen LogP contribution in [0.1, 0.15) is 34.9 Å². The fourth-order valence-electron chi connectivity index (χ4n) is 3.91. The molecule has 4 aromatic rings. The molecule has 0 fully saturated rings. The normalized spacial score (nSPS) is 11.1. The van der Waals surface area contributed by atoms with Crippen LogP contribution in [0.2, 0.25) is 0 Å². The zero-order valence-corrected chi connectivity index (χ0v) is 21.3. The van der Waals surface area contributed by atoms with E-state index in [1.165, 1.54) is 22.5 Å². The van der Waals surface area contributed by atoms with Gasteiger partial charge in [0, 0.05) is 30.7 Å². The van der Waals surface area contributed by atoms with E-state index in [2.05, 4.69) is 60.4 Å². The Balaban J connectivity index is 1.53. The maximum absolute atomic E-state index is 12.6. The predicted octanol–water partition coefficient (Wildman–Crippen LogP) is 6.15. The summed E-state index contributed by atoms with van der Waals surface area (Å²) in [6.45, 7) is 9.79. The van der Waals surface area contributed by atoms with E-state index in [1.807, 2.05) is 30.8 Å². The molecule has 4 rings (SSSR count). The highest BCUT2D eigenvalue weighted by atomic mass is 32.2. The summed E-state index contributed by atoms with van der Waals surface area (Å²) in [5, 5.41) is 12.3. The maximum atomic E-state index is 12.6. The van der Waals surface area contributed by atoms with Gasteiger partial charge in [0.15, 0.2) is 16.1 Å². The number of nitrogens with zero attached hydrogens (tertiary/aromatic N) is 5. The number of aryl methyl sites for hydroxylation is 4. The van der Waals surface area contributed by atoms with Crippen molar-refractivity contribution in [2.75, 3.05) is 4.90 Å². The molecule has 0 saturated heterocycles. The molecular weight excluding hydrogens is 450 g/mol. The Hall–Kier alpha value is -2.97. The van der Waals surface area contributed by atoms with E-state index in [0.717, 1.165) is 39.1 Å². The highest BCUT2D eigenvalue weighted by Crippen LogP contribution is 2.35. The first-order chi connectivity index (χ1) is 15.7. The van der Waals surface area contributed by atoms with Gasteiger partial charge in [0.2, 0.25) is 5.91 Å². The molecular formula is C25H27N5OS2. The van der Waals surface area contributed by atoms with Gasteiger partial charge in [-0.3, -0.25) is 9.69 Å². The Morgan fingerprint density at radius 1 is 1.03 bits per heavy atom. The molecule has 2 heterocycles. The SMILES string of the molecule is CC(=O)N(c1nc(CSc2nnc(-c3ccc(C)cc3)n2C)cs1)c1c(C)cc(C)cc1C. The third-order valence-corrected chi connectivity index (χ3v) is 7.33. The molecule has 2 aromatic heterocycles. The van der Waals surface area contributed by atoms with Gasteiger partial charge < -0.3 is 4.57 Å². The molecule has 170 valence electrons. The molecule has 0 spiro atoms. The second-order valence-electron chi connectivity index (χ2n) is 8.24. The lowest BCUT2D eigenvalue weighted by Gasteiger charge is -2.23. The van der Waals surface area contributed by atoms with Crippen LogP contribution < -0.4 is 4.90 Å². The Morgan fingerprint density at radius 3 is 2.33 bits per heavy atom. The minimum Gasteiger partial charge on any atom is -0.305 e. The van der Waals surface area contributed by atoms with E-state index in [0.29, 0.717) is 10.9 Å².